The van der Waals surface area contributed by atoms with E-state index in [0.717, 1.165) is 0 Å². The highest BCUT2D eigenvalue weighted by atomic mass is 35.5. The Morgan fingerprint density at radius 3 is 2.40 bits per heavy atom. The van der Waals surface area contributed by atoms with Gasteiger partial charge in [-0.15, -0.1) is 11.8 Å². The molecule has 0 aromatic heterocycles. The highest BCUT2D eigenvalue weighted by molar-refractivity contribution is 7.98. The highest BCUT2D eigenvalue weighted by Gasteiger charge is 2.17. The zero-order valence-corrected chi connectivity index (χ0v) is 12.7. The molecule has 0 saturated carbocycles. The maximum Gasteiger partial charge on any atom is 0.340 e. The van der Waals surface area contributed by atoms with Crippen molar-refractivity contribution in [2.75, 3.05) is 6.26 Å². The fraction of sp³-hybridized carbons (Fsp3) is 0.0714. The molecule has 0 aliphatic heterocycles. The van der Waals surface area contributed by atoms with Crippen LogP contribution in [0, 0.1) is 0 Å². The maximum absolute atomic E-state index is 11.4. The molecule has 2 aromatic carbocycles. The van der Waals surface area contributed by atoms with E-state index in [4.69, 9.17) is 27.9 Å². The molecule has 6 heteroatoms. The van der Waals surface area contributed by atoms with E-state index in [9.17, 15) is 9.90 Å². The number of thioether (sulfide) groups is 1. The van der Waals surface area contributed by atoms with Gasteiger partial charge < -0.3 is 9.84 Å². The van der Waals surface area contributed by atoms with E-state index in [1.165, 1.54) is 11.8 Å². The van der Waals surface area contributed by atoms with E-state index in [0.29, 0.717) is 20.7 Å². The second-order valence-corrected chi connectivity index (χ2v) is 5.57. The minimum absolute atomic E-state index is 0.121. The van der Waals surface area contributed by atoms with Gasteiger partial charge in [0.15, 0.2) is 0 Å². The Bertz CT molecular complexity index is 639. The molecular weight excluding hydrogens is 319 g/mol. The molecule has 0 aliphatic rings. The zero-order chi connectivity index (χ0) is 14.7. The summed E-state index contributed by atoms with van der Waals surface area (Å²) in [6.45, 7) is 0. The van der Waals surface area contributed by atoms with Gasteiger partial charge in [0.05, 0.1) is 0 Å². The van der Waals surface area contributed by atoms with E-state index in [1.807, 2.05) is 6.26 Å². The first-order chi connectivity index (χ1) is 9.51. The summed E-state index contributed by atoms with van der Waals surface area (Å²) in [4.78, 5) is 12.0. The van der Waals surface area contributed by atoms with E-state index >= 15 is 0 Å². The lowest BCUT2D eigenvalue weighted by Gasteiger charge is -2.11. The van der Waals surface area contributed by atoms with Crippen LogP contribution in [0.3, 0.4) is 0 Å². The normalized spacial score (nSPS) is 10.3. The minimum atomic E-state index is -1.04. The summed E-state index contributed by atoms with van der Waals surface area (Å²) in [5, 5.41) is 10.2. The summed E-state index contributed by atoms with van der Waals surface area (Å²) in [7, 11) is 0. The largest absolute Gasteiger partial charge is 0.478 e. The molecule has 20 heavy (non-hydrogen) atoms. The van der Waals surface area contributed by atoms with Crippen LogP contribution in [-0.2, 0) is 0 Å². The predicted octanol–water partition coefficient (Wildman–Crippen LogP) is 5.21. The number of hydrogen-bond donors (Lipinski definition) is 1. The van der Waals surface area contributed by atoms with Crippen LogP contribution in [0.25, 0.3) is 0 Å². The highest BCUT2D eigenvalue weighted by Crippen LogP contribution is 2.34. The van der Waals surface area contributed by atoms with Gasteiger partial charge in [-0.2, -0.15) is 0 Å². The molecule has 0 aliphatic carbocycles. The Morgan fingerprint density at radius 1 is 1.20 bits per heavy atom. The molecule has 0 unspecified atom stereocenters. The third-order valence-corrected chi connectivity index (χ3v) is 3.70. The van der Waals surface area contributed by atoms with Crippen molar-refractivity contribution >= 4 is 40.9 Å². The summed E-state index contributed by atoms with van der Waals surface area (Å²) >= 11 is 13.1. The van der Waals surface area contributed by atoms with Crippen LogP contribution in [0.1, 0.15) is 10.4 Å². The summed E-state index contributed by atoms with van der Waals surface area (Å²) in [5.41, 5.74) is 0.121. The standard InChI is InChI=1S/C14H10Cl2O3S/c1-20-12-4-2-3-11(13(12)14(17)18)19-10-6-8(15)5-9(16)7-10/h2-7H,1H3,(H,17,18). The zero-order valence-electron chi connectivity index (χ0n) is 10.4. The first kappa shape index (κ1) is 15.0. The SMILES string of the molecule is CSc1cccc(Oc2cc(Cl)cc(Cl)c2)c1C(=O)O. The topological polar surface area (TPSA) is 46.5 Å². The van der Waals surface area contributed by atoms with Gasteiger partial charge in [-0.25, -0.2) is 4.79 Å². The number of carboxylic acids is 1. The fourth-order valence-electron chi connectivity index (χ4n) is 1.69. The molecule has 3 nitrogen and oxygen atoms in total. The van der Waals surface area contributed by atoms with Gasteiger partial charge in [0.1, 0.15) is 17.1 Å². The number of hydrogen-bond acceptors (Lipinski definition) is 3. The molecule has 0 amide bonds. The van der Waals surface area contributed by atoms with Crippen LogP contribution in [0.15, 0.2) is 41.3 Å². The second-order valence-electron chi connectivity index (χ2n) is 3.85. The van der Waals surface area contributed by atoms with Crippen molar-refractivity contribution in [2.24, 2.45) is 0 Å². The van der Waals surface area contributed by atoms with Crippen molar-refractivity contribution in [3.63, 3.8) is 0 Å². The van der Waals surface area contributed by atoms with Crippen LogP contribution in [0.5, 0.6) is 11.5 Å². The molecule has 1 N–H and O–H groups in total. The van der Waals surface area contributed by atoms with Crippen molar-refractivity contribution in [3.05, 3.63) is 52.0 Å². The minimum Gasteiger partial charge on any atom is -0.478 e. The number of carboxylic acid groups (broad SMARTS) is 1. The number of carbonyl (C=O) groups is 1. The number of ether oxygens (including phenoxy) is 1. The van der Waals surface area contributed by atoms with Crippen molar-refractivity contribution in [1.29, 1.82) is 0 Å². The van der Waals surface area contributed by atoms with Gasteiger partial charge in [-0.1, -0.05) is 29.3 Å². The number of aromatic carboxylic acids is 1. The molecule has 2 aromatic rings. The molecule has 0 saturated heterocycles. The third-order valence-electron chi connectivity index (χ3n) is 2.49. The van der Waals surface area contributed by atoms with Crippen molar-refractivity contribution in [1.82, 2.24) is 0 Å². The number of benzene rings is 2. The van der Waals surface area contributed by atoms with Gasteiger partial charge in [0.2, 0.25) is 0 Å². The monoisotopic (exact) mass is 328 g/mol. The van der Waals surface area contributed by atoms with Crippen molar-refractivity contribution < 1.29 is 14.6 Å². The van der Waals surface area contributed by atoms with Gasteiger partial charge in [-0.05, 0) is 36.6 Å². The van der Waals surface area contributed by atoms with Crippen LogP contribution in [-0.4, -0.2) is 17.3 Å². The first-order valence-electron chi connectivity index (χ1n) is 5.55. The van der Waals surface area contributed by atoms with Crippen molar-refractivity contribution in [3.8, 4) is 11.5 Å². The average molecular weight is 329 g/mol. The van der Waals surface area contributed by atoms with E-state index in [1.54, 1.807) is 36.4 Å². The smallest absolute Gasteiger partial charge is 0.340 e. The molecule has 0 spiro atoms. The van der Waals surface area contributed by atoms with E-state index in [2.05, 4.69) is 0 Å². The van der Waals surface area contributed by atoms with E-state index < -0.39 is 5.97 Å². The van der Waals surface area contributed by atoms with Crippen LogP contribution >= 0.6 is 35.0 Å². The molecular formula is C14H10Cl2O3S. The van der Waals surface area contributed by atoms with Crippen LogP contribution in [0.4, 0.5) is 0 Å². The average Bonchev–Trinajstić information content (AvgIpc) is 2.36. The predicted molar refractivity (Wildman–Crippen MR) is 81.7 cm³/mol. The number of rotatable bonds is 4. The lowest BCUT2D eigenvalue weighted by molar-refractivity contribution is 0.0690. The molecule has 0 heterocycles. The van der Waals surface area contributed by atoms with Crippen LogP contribution < -0.4 is 4.74 Å². The molecule has 0 atom stereocenters. The number of halogens is 2. The quantitative estimate of drug-likeness (QED) is 0.783. The lowest BCUT2D eigenvalue weighted by Crippen LogP contribution is -2.02. The lowest BCUT2D eigenvalue weighted by atomic mass is 10.2. The summed E-state index contributed by atoms with van der Waals surface area (Å²) in [6, 6.07) is 9.78. The molecule has 0 bridgehead atoms. The van der Waals surface area contributed by atoms with Gasteiger partial charge in [0.25, 0.3) is 0 Å². The Hall–Kier alpha value is -1.36. The Labute approximate surface area is 130 Å². The fourth-order valence-corrected chi connectivity index (χ4v) is 2.80. The molecule has 0 radical (unpaired) electrons. The van der Waals surface area contributed by atoms with Gasteiger partial charge in [-0.3, -0.25) is 0 Å². The van der Waals surface area contributed by atoms with Crippen molar-refractivity contribution in [2.45, 2.75) is 4.90 Å². The van der Waals surface area contributed by atoms with Gasteiger partial charge >= 0.3 is 5.97 Å². The second kappa shape index (κ2) is 6.39. The van der Waals surface area contributed by atoms with Crippen LogP contribution in [0.2, 0.25) is 10.0 Å². The summed E-state index contributed by atoms with van der Waals surface area (Å²) < 4.78 is 5.61. The molecule has 0 fully saturated rings. The Kier molecular flexibility index (Phi) is 4.81. The Balaban J connectivity index is 2.45. The summed E-state index contributed by atoms with van der Waals surface area (Å²) in [5.74, 6) is -0.399. The molecule has 2 rings (SSSR count). The molecule has 104 valence electrons. The van der Waals surface area contributed by atoms with Gasteiger partial charge in [0, 0.05) is 14.9 Å². The summed E-state index contributed by atoms with van der Waals surface area (Å²) in [6.07, 6.45) is 1.81. The Morgan fingerprint density at radius 2 is 1.85 bits per heavy atom. The first-order valence-corrected chi connectivity index (χ1v) is 7.53. The third kappa shape index (κ3) is 3.39. The maximum atomic E-state index is 11.4. The van der Waals surface area contributed by atoms with E-state index in [-0.39, 0.29) is 11.3 Å².